The summed E-state index contributed by atoms with van der Waals surface area (Å²) in [5.74, 6) is 2.24. The molecule has 4 bridgehead atoms. The summed E-state index contributed by atoms with van der Waals surface area (Å²) in [7, 11) is 2.00. The molecular weight excluding hydrogens is 1090 g/mol. The Morgan fingerprint density at radius 3 is 1.28 bits per heavy atom. The second-order valence-corrected chi connectivity index (χ2v) is 28.5. The number of aromatic nitrogens is 4. The summed E-state index contributed by atoms with van der Waals surface area (Å²) in [5, 5.41) is 12.8. The summed E-state index contributed by atoms with van der Waals surface area (Å²) in [5.41, 5.74) is 10.2. The topological polar surface area (TPSA) is 159 Å². The van der Waals surface area contributed by atoms with Crippen molar-refractivity contribution in [2.75, 3.05) is 118 Å². The maximum Gasteiger partial charge on any atom is 0.236 e. The van der Waals surface area contributed by atoms with Gasteiger partial charge in [-0.05, 0) is 170 Å². The first-order valence-electron chi connectivity index (χ1n) is 33.4. The SMILES string of the molecule is Cc1cc(C)cc(-c2[nH]nc(OCC(C)(C)C(=O)N3C4CCC3CC4)c2CCN2CCN(CC(=O)N3CCCC3)CC2)c1.Cc1cc(C)cc(-c2c(CCN3CCN(CC(=O)N4CCCC4)CC3)c(OCC(C)(C)C(=O)N3C4CCC3CC4)nn2C)c1. The third kappa shape index (κ3) is 14.6. The van der Waals surface area contributed by atoms with Crippen LogP contribution in [0.2, 0.25) is 0 Å². The summed E-state index contributed by atoms with van der Waals surface area (Å²) in [4.78, 5) is 70.6. The number of rotatable bonds is 20. The molecule has 1 N–H and O–H groups in total. The lowest BCUT2D eigenvalue weighted by Crippen LogP contribution is -2.50. The Morgan fingerprint density at radius 1 is 0.494 bits per heavy atom. The van der Waals surface area contributed by atoms with E-state index >= 15 is 0 Å². The van der Waals surface area contributed by atoms with Crippen LogP contribution in [0.4, 0.5) is 0 Å². The van der Waals surface area contributed by atoms with Gasteiger partial charge in [-0.25, -0.2) is 0 Å². The molecule has 8 aliphatic heterocycles. The number of piperazine rings is 2. The average Bonchev–Trinajstić information content (AvgIpc) is 2.06. The molecule has 4 amide bonds. The van der Waals surface area contributed by atoms with Crippen LogP contribution in [-0.4, -0.2) is 225 Å². The van der Waals surface area contributed by atoms with Gasteiger partial charge < -0.3 is 38.9 Å². The first-order chi connectivity index (χ1) is 41.8. The summed E-state index contributed by atoms with van der Waals surface area (Å²) < 4.78 is 14.9. The minimum Gasteiger partial charge on any atom is -0.475 e. The van der Waals surface area contributed by atoms with E-state index in [0.717, 1.165) is 215 Å². The quantitative estimate of drug-likeness (QED) is 0.0909. The van der Waals surface area contributed by atoms with Gasteiger partial charge in [0.25, 0.3) is 0 Å². The summed E-state index contributed by atoms with van der Waals surface area (Å²) in [6, 6.07) is 14.9. The van der Waals surface area contributed by atoms with E-state index in [9.17, 15) is 19.2 Å². The monoisotopic (exact) mass is 1190 g/mol. The standard InChI is InChI=1S/C35H52N6O3.C34H50N6O3/c1-25-20-26(2)22-27(21-25)32-30(12-15-38-16-18-39(19-17-38)23-31(42)40-13-6-7-14-40)33(36-37(32)5)44-24-35(3,4)34(43)41-28-8-9-29(41)11-10-28;1-24-19-25(2)21-26(20-24)31-29(11-14-37-15-17-38(18-16-37)22-30(41)39-12-5-6-13-39)32(36-35-31)43-23-34(3,4)33(42)40-27-7-8-28(40)10-9-27/h20-22,28-29H,6-19,23-24H2,1-5H3;19-21,27-28H,5-18,22-23H2,1-4H3,(H,35,36). The Kier molecular flexibility index (Phi) is 19.6. The van der Waals surface area contributed by atoms with E-state index in [1.165, 1.54) is 22.3 Å². The molecular formula is C69H102N12O6. The number of aromatic amines is 1. The largest absolute Gasteiger partial charge is 0.475 e. The van der Waals surface area contributed by atoms with E-state index in [2.05, 4.69) is 104 Å². The molecule has 10 heterocycles. The normalized spacial score (nSPS) is 22.9. The van der Waals surface area contributed by atoms with Crippen LogP contribution in [0.1, 0.15) is 138 Å². The van der Waals surface area contributed by atoms with Crippen molar-refractivity contribution in [3.63, 3.8) is 0 Å². The van der Waals surface area contributed by atoms with Crippen molar-refractivity contribution >= 4 is 23.6 Å². The van der Waals surface area contributed by atoms with Gasteiger partial charge in [-0.1, -0.05) is 34.4 Å². The zero-order chi connectivity index (χ0) is 61.1. The van der Waals surface area contributed by atoms with Crippen LogP contribution in [0.15, 0.2) is 36.4 Å². The lowest BCUT2D eigenvalue weighted by molar-refractivity contribution is -0.144. The van der Waals surface area contributed by atoms with Crippen LogP contribution in [-0.2, 0) is 39.1 Å². The smallest absolute Gasteiger partial charge is 0.236 e. The van der Waals surface area contributed by atoms with Crippen molar-refractivity contribution in [1.82, 2.24) is 59.2 Å². The van der Waals surface area contributed by atoms with E-state index in [0.29, 0.717) is 62.2 Å². The van der Waals surface area contributed by atoms with Crippen molar-refractivity contribution < 1.29 is 28.7 Å². The highest BCUT2D eigenvalue weighted by molar-refractivity contribution is 5.84. The number of fused-ring (bicyclic) bond motifs is 4. The lowest BCUT2D eigenvalue weighted by Gasteiger charge is -2.35. The number of carbonyl (C=O) groups excluding carboxylic acids is 4. The van der Waals surface area contributed by atoms with E-state index in [4.69, 9.17) is 14.6 Å². The number of H-pyrrole nitrogens is 1. The molecule has 0 radical (unpaired) electrons. The maximum atomic E-state index is 13.7. The third-order valence-corrected chi connectivity index (χ3v) is 20.5. The van der Waals surface area contributed by atoms with Crippen molar-refractivity contribution in [2.45, 2.75) is 169 Å². The van der Waals surface area contributed by atoms with Gasteiger partial charge in [0.2, 0.25) is 35.4 Å². The van der Waals surface area contributed by atoms with Crippen molar-refractivity contribution in [1.29, 1.82) is 0 Å². The molecule has 0 spiro atoms. The minimum absolute atomic E-state index is 0.213. The van der Waals surface area contributed by atoms with Crippen LogP contribution in [0.5, 0.6) is 11.8 Å². The first-order valence-corrected chi connectivity index (χ1v) is 33.4. The number of nitrogens with zero attached hydrogens (tertiary/aromatic N) is 11. The predicted molar refractivity (Wildman–Crippen MR) is 341 cm³/mol. The Balaban J connectivity index is 0.000000180. The molecule has 8 aliphatic rings. The zero-order valence-corrected chi connectivity index (χ0v) is 54.3. The molecule has 0 saturated carbocycles. The van der Waals surface area contributed by atoms with Crippen LogP contribution in [0.3, 0.4) is 0 Å². The molecule has 0 atom stereocenters. The number of aryl methyl sites for hydroxylation is 5. The Bertz CT molecular complexity index is 2990. The number of carbonyl (C=O) groups is 4. The highest BCUT2D eigenvalue weighted by Gasteiger charge is 2.48. The lowest BCUT2D eigenvalue weighted by atomic mass is 9.92. The molecule has 87 heavy (non-hydrogen) atoms. The summed E-state index contributed by atoms with van der Waals surface area (Å²) in [6.07, 6.45) is 15.3. The van der Waals surface area contributed by atoms with E-state index < -0.39 is 10.8 Å². The maximum absolute atomic E-state index is 13.7. The third-order valence-electron chi connectivity index (χ3n) is 20.5. The molecule has 0 unspecified atom stereocenters. The van der Waals surface area contributed by atoms with Crippen LogP contribution in [0, 0.1) is 38.5 Å². The number of likely N-dealkylation sites (tertiary alicyclic amines) is 2. The first kappa shape index (κ1) is 62.8. The van der Waals surface area contributed by atoms with Gasteiger partial charge in [0, 0.05) is 145 Å². The van der Waals surface area contributed by atoms with E-state index in [-0.39, 0.29) is 23.6 Å². The predicted octanol–water partition coefficient (Wildman–Crippen LogP) is 8.08. The van der Waals surface area contributed by atoms with Gasteiger partial charge in [-0.15, -0.1) is 10.2 Å². The van der Waals surface area contributed by atoms with Gasteiger partial charge in [0.1, 0.15) is 13.2 Å². The van der Waals surface area contributed by atoms with Crippen LogP contribution >= 0.6 is 0 Å². The fourth-order valence-corrected chi connectivity index (χ4v) is 15.6. The Hall–Kier alpha value is -5.82. The summed E-state index contributed by atoms with van der Waals surface area (Å²) >= 11 is 0. The Morgan fingerprint density at radius 2 is 0.862 bits per heavy atom. The van der Waals surface area contributed by atoms with Crippen molar-refractivity contribution in [2.24, 2.45) is 17.9 Å². The fraction of sp³-hybridized carbons (Fsp3) is 0.681. The van der Waals surface area contributed by atoms with Gasteiger partial charge >= 0.3 is 0 Å². The molecule has 4 aromatic rings. The van der Waals surface area contributed by atoms with Gasteiger partial charge in [0.15, 0.2) is 0 Å². The number of benzene rings is 2. The molecule has 8 fully saturated rings. The van der Waals surface area contributed by atoms with Crippen molar-refractivity contribution in [3.05, 3.63) is 69.8 Å². The molecule has 12 rings (SSSR count). The molecule has 474 valence electrons. The second kappa shape index (κ2) is 27.1. The highest BCUT2D eigenvalue weighted by atomic mass is 16.5. The second-order valence-electron chi connectivity index (χ2n) is 28.5. The Labute approximate surface area is 518 Å². The molecule has 8 saturated heterocycles. The van der Waals surface area contributed by atoms with Crippen LogP contribution < -0.4 is 9.47 Å². The van der Waals surface area contributed by atoms with E-state index in [1.54, 1.807) is 0 Å². The van der Waals surface area contributed by atoms with Crippen molar-refractivity contribution in [3.8, 4) is 34.3 Å². The van der Waals surface area contributed by atoms with Gasteiger partial charge in [0.05, 0.1) is 35.3 Å². The number of amides is 4. The molecule has 2 aromatic heterocycles. The molecule has 18 nitrogen and oxygen atoms in total. The number of hydrogen-bond donors (Lipinski definition) is 1. The van der Waals surface area contributed by atoms with Gasteiger partial charge in [-0.2, -0.15) is 0 Å². The molecule has 18 heteroatoms. The average molecular weight is 1200 g/mol. The number of hydrogen-bond acceptors (Lipinski definition) is 12. The zero-order valence-electron chi connectivity index (χ0n) is 54.3. The number of nitrogens with one attached hydrogen (secondary N) is 1. The minimum atomic E-state index is -0.622. The fourth-order valence-electron chi connectivity index (χ4n) is 15.6. The highest BCUT2D eigenvalue weighted by Crippen LogP contribution is 2.43. The number of ether oxygens (including phenoxy) is 2. The molecule has 2 aromatic carbocycles. The van der Waals surface area contributed by atoms with Crippen LogP contribution in [0.25, 0.3) is 22.5 Å². The molecule has 0 aliphatic carbocycles. The van der Waals surface area contributed by atoms with E-state index in [1.807, 2.05) is 49.2 Å². The van der Waals surface area contributed by atoms with Gasteiger partial charge in [-0.3, -0.25) is 38.8 Å². The summed E-state index contributed by atoms with van der Waals surface area (Å²) in [6.45, 7) is 31.2.